The van der Waals surface area contributed by atoms with Crippen LogP contribution in [0.4, 0.5) is 5.82 Å². The van der Waals surface area contributed by atoms with Gasteiger partial charge < -0.3 is 11.1 Å². The minimum absolute atomic E-state index is 0.0689. The van der Waals surface area contributed by atoms with Crippen molar-refractivity contribution in [2.24, 2.45) is 7.05 Å². The van der Waals surface area contributed by atoms with Gasteiger partial charge in [-0.05, 0) is 49.6 Å². The predicted molar refractivity (Wildman–Crippen MR) is 157 cm³/mol. The van der Waals surface area contributed by atoms with Gasteiger partial charge in [-0.3, -0.25) is 18.8 Å². The number of nitrogens with two attached hydrogens (primary N) is 1. The van der Waals surface area contributed by atoms with E-state index in [1.165, 1.54) is 4.52 Å². The maximum absolute atomic E-state index is 14.2. The molecule has 0 radical (unpaired) electrons. The number of aromatic nitrogens is 6. The van der Waals surface area contributed by atoms with Crippen LogP contribution in [-0.2, 0) is 7.05 Å². The third-order valence-electron chi connectivity index (χ3n) is 7.10. The molecule has 1 amide bonds. The predicted octanol–water partition coefficient (Wildman–Crippen LogP) is 3.55. The summed E-state index contributed by atoms with van der Waals surface area (Å²) in [6, 6.07) is 17.9. The third-order valence-corrected chi connectivity index (χ3v) is 7.10. The van der Waals surface area contributed by atoms with Gasteiger partial charge in [-0.1, -0.05) is 42.2 Å². The normalized spacial score (nSPS) is 11.8. The van der Waals surface area contributed by atoms with E-state index in [0.717, 1.165) is 11.3 Å². The number of carbonyl (C=O) groups is 1. The molecule has 41 heavy (non-hydrogen) atoms. The quantitative estimate of drug-likeness (QED) is 0.328. The zero-order chi connectivity index (χ0) is 28.7. The van der Waals surface area contributed by atoms with E-state index in [1.807, 2.05) is 75.5 Å². The SMILES string of the molecule is Cc1c(C#Cc2cccc3cc([C@@H](C)NC(=O)c4c(N)nn5cccnc45)n(-c4ccccc4)c(=O)c23)cnn1C. The summed E-state index contributed by atoms with van der Waals surface area (Å²) in [5.74, 6) is 5.97. The Morgan fingerprint density at radius 2 is 1.83 bits per heavy atom. The van der Waals surface area contributed by atoms with Gasteiger partial charge in [0.15, 0.2) is 11.5 Å². The molecule has 4 aromatic heterocycles. The Hall–Kier alpha value is -5.69. The number of pyridine rings is 1. The molecule has 3 N–H and O–H groups in total. The molecule has 1 atom stereocenters. The second-order valence-electron chi connectivity index (χ2n) is 9.68. The summed E-state index contributed by atoms with van der Waals surface area (Å²) < 4.78 is 4.83. The van der Waals surface area contributed by atoms with Crippen LogP contribution in [0.25, 0.3) is 22.1 Å². The number of fused-ring (bicyclic) bond motifs is 2. The Bertz CT molecular complexity index is 2080. The van der Waals surface area contributed by atoms with Crippen molar-refractivity contribution < 1.29 is 4.79 Å². The molecule has 0 saturated carbocycles. The number of amides is 1. The molecule has 4 heterocycles. The molecule has 0 spiro atoms. The first-order valence-corrected chi connectivity index (χ1v) is 13.0. The number of carbonyl (C=O) groups excluding carboxylic acids is 1. The van der Waals surface area contributed by atoms with Crippen molar-refractivity contribution in [3.63, 3.8) is 0 Å². The van der Waals surface area contributed by atoms with E-state index in [4.69, 9.17) is 5.73 Å². The first kappa shape index (κ1) is 25.6. The molecule has 202 valence electrons. The van der Waals surface area contributed by atoms with Crippen LogP contribution in [0.5, 0.6) is 0 Å². The lowest BCUT2D eigenvalue weighted by molar-refractivity contribution is 0.0941. The Morgan fingerprint density at radius 3 is 2.59 bits per heavy atom. The van der Waals surface area contributed by atoms with Crippen LogP contribution in [0.1, 0.15) is 45.8 Å². The largest absolute Gasteiger partial charge is 0.381 e. The molecule has 6 rings (SSSR count). The highest BCUT2D eigenvalue weighted by molar-refractivity contribution is 6.04. The lowest BCUT2D eigenvalue weighted by Gasteiger charge is -2.21. The number of hydrogen-bond acceptors (Lipinski definition) is 6. The fourth-order valence-corrected chi connectivity index (χ4v) is 4.87. The third kappa shape index (κ3) is 4.49. The van der Waals surface area contributed by atoms with Crippen LogP contribution in [-0.4, -0.2) is 34.9 Å². The van der Waals surface area contributed by atoms with Crippen LogP contribution in [0, 0.1) is 18.8 Å². The molecule has 0 aliphatic carbocycles. The zero-order valence-electron chi connectivity index (χ0n) is 22.7. The lowest BCUT2D eigenvalue weighted by Crippen LogP contribution is -2.32. The number of aryl methyl sites for hydroxylation is 1. The van der Waals surface area contributed by atoms with Gasteiger partial charge in [-0.25, -0.2) is 9.50 Å². The van der Waals surface area contributed by atoms with Crippen LogP contribution in [0.15, 0.2) is 84.0 Å². The topological polar surface area (TPSA) is 125 Å². The van der Waals surface area contributed by atoms with Crippen LogP contribution < -0.4 is 16.6 Å². The Morgan fingerprint density at radius 1 is 1.05 bits per heavy atom. The van der Waals surface area contributed by atoms with E-state index in [9.17, 15) is 9.59 Å². The molecule has 0 aliphatic rings. The van der Waals surface area contributed by atoms with Gasteiger partial charge in [0.1, 0.15) is 5.56 Å². The van der Waals surface area contributed by atoms with Gasteiger partial charge in [0.05, 0.1) is 28.9 Å². The van der Waals surface area contributed by atoms with Gasteiger partial charge in [0.2, 0.25) is 0 Å². The highest BCUT2D eigenvalue weighted by Gasteiger charge is 2.24. The van der Waals surface area contributed by atoms with E-state index < -0.39 is 11.9 Å². The van der Waals surface area contributed by atoms with Crippen LogP contribution in [0.2, 0.25) is 0 Å². The van der Waals surface area contributed by atoms with Gasteiger partial charge in [-0.15, -0.1) is 5.10 Å². The first-order valence-electron chi connectivity index (χ1n) is 13.0. The monoisotopic (exact) mass is 542 g/mol. The summed E-state index contributed by atoms with van der Waals surface area (Å²) in [7, 11) is 1.86. The Balaban J connectivity index is 1.48. The molecule has 0 bridgehead atoms. The number of anilines is 1. The van der Waals surface area contributed by atoms with Crippen molar-refractivity contribution in [2.75, 3.05) is 5.73 Å². The molecule has 10 nitrogen and oxygen atoms in total. The fourth-order valence-electron chi connectivity index (χ4n) is 4.87. The minimum Gasteiger partial charge on any atom is -0.381 e. The number of benzene rings is 2. The lowest BCUT2D eigenvalue weighted by atomic mass is 10.0. The van der Waals surface area contributed by atoms with Gasteiger partial charge in [0.25, 0.3) is 11.5 Å². The Labute approximate surface area is 235 Å². The number of hydrogen-bond donors (Lipinski definition) is 2. The number of para-hydroxylation sites is 1. The van der Waals surface area contributed by atoms with E-state index in [2.05, 4.69) is 32.3 Å². The van der Waals surface area contributed by atoms with E-state index >= 15 is 0 Å². The van der Waals surface area contributed by atoms with Crippen molar-refractivity contribution in [2.45, 2.75) is 19.9 Å². The van der Waals surface area contributed by atoms with Crippen LogP contribution in [0.3, 0.4) is 0 Å². The highest BCUT2D eigenvalue weighted by Crippen LogP contribution is 2.24. The second-order valence-corrected chi connectivity index (χ2v) is 9.68. The van der Waals surface area contributed by atoms with Gasteiger partial charge in [-0.2, -0.15) is 5.10 Å². The van der Waals surface area contributed by atoms with Crippen molar-refractivity contribution in [3.8, 4) is 17.5 Å². The van der Waals surface area contributed by atoms with Crippen LogP contribution >= 0.6 is 0 Å². The summed E-state index contributed by atoms with van der Waals surface area (Å²) in [6.07, 6.45) is 4.96. The fraction of sp³-hybridized carbons (Fsp3) is 0.129. The van der Waals surface area contributed by atoms with E-state index in [0.29, 0.717) is 33.4 Å². The van der Waals surface area contributed by atoms with E-state index in [1.54, 1.807) is 33.9 Å². The van der Waals surface area contributed by atoms with Gasteiger partial charge >= 0.3 is 0 Å². The maximum Gasteiger partial charge on any atom is 0.264 e. The van der Waals surface area contributed by atoms with Crippen molar-refractivity contribution in [3.05, 3.63) is 118 Å². The summed E-state index contributed by atoms with van der Waals surface area (Å²) in [4.78, 5) is 31.9. The first-order chi connectivity index (χ1) is 19.8. The smallest absolute Gasteiger partial charge is 0.264 e. The highest BCUT2D eigenvalue weighted by atomic mass is 16.2. The minimum atomic E-state index is -0.578. The van der Waals surface area contributed by atoms with E-state index in [-0.39, 0.29) is 16.9 Å². The summed E-state index contributed by atoms with van der Waals surface area (Å²) in [6.45, 7) is 3.77. The van der Waals surface area contributed by atoms with Crippen molar-refractivity contribution in [1.29, 1.82) is 0 Å². The molecule has 0 aliphatic heterocycles. The number of nitrogens with one attached hydrogen (secondary N) is 1. The molecular formula is C31H26N8O2. The maximum atomic E-state index is 14.2. The summed E-state index contributed by atoms with van der Waals surface area (Å²) in [5.41, 5.74) is 9.96. The molecule has 6 aromatic rings. The molecular weight excluding hydrogens is 516 g/mol. The van der Waals surface area contributed by atoms with Gasteiger partial charge in [0, 0.05) is 36.4 Å². The molecule has 0 unspecified atom stereocenters. The number of nitrogen functional groups attached to an aromatic ring is 1. The summed E-state index contributed by atoms with van der Waals surface area (Å²) in [5, 5.41) is 12.6. The van der Waals surface area contributed by atoms with Crippen molar-refractivity contribution >= 4 is 28.1 Å². The molecule has 0 fully saturated rings. The Kier molecular flexibility index (Phi) is 6.32. The number of nitrogens with zero attached hydrogens (tertiary/aromatic N) is 6. The standard InChI is InChI=1S/C31H26N8O2/c1-19(35-30(40)27-28(32)36-38-16-8-15-33-29(27)38)25-17-22-10-7-9-21(13-14-23-18-34-37(3)20(23)2)26(22)31(41)39(25)24-11-5-4-6-12-24/h4-12,15-19H,1-3H3,(H2,32,36)(H,35,40)/t19-/m1/s1. The number of rotatable bonds is 4. The molecule has 10 heteroatoms. The molecule has 0 saturated heterocycles. The summed E-state index contributed by atoms with van der Waals surface area (Å²) >= 11 is 0. The van der Waals surface area contributed by atoms with Crippen molar-refractivity contribution in [1.82, 2.24) is 34.3 Å². The zero-order valence-corrected chi connectivity index (χ0v) is 22.7. The second kappa shape index (κ2) is 10.1. The average Bonchev–Trinajstić information content (AvgIpc) is 3.49. The molecule has 2 aromatic carbocycles. The average molecular weight is 543 g/mol.